The first kappa shape index (κ1) is 19.8. The van der Waals surface area contributed by atoms with Crippen molar-refractivity contribution in [2.24, 2.45) is 0 Å². The summed E-state index contributed by atoms with van der Waals surface area (Å²) in [5.41, 5.74) is 12.5. The highest BCUT2D eigenvalue weighted by atomic mass is 16.5. The quantitative estimate of drug-likeness (QED) is 0.349. The second-order valence-corrected chi connectivity index (χ2v) is 7.36. The number of aromatic nitrogens is 1. The van der Waals surface area contributed by atoms with E-state index < -0.39 is 12.0 Å². The van der Waals surface area contributed by atoms with Crippen molar-refractivity contribution in [3.8, 4) is 0 Å². The number of benzene rings is 1. The minimum atomic E-state index is -0.670. The molecule has 6 heteroatoms. The van der Waals surface area contributed by atoms with Crippen molar-refractivity contribution in [2.45, 2.75) is 58.1 Å². The molecule has 1 aromatic carbocycles. The normalized spacial score (nSPS) is 15.4. The second kappa shape index (κ2) is 9.29. The summed E-state index contributed by atoms with van der Waals surface area (Å²) >= 11 is 0. The third-order valence-electron chi connectivity index (χ3n) is 5.03. The Morgan fingerprint density at radius 3 is 2.50 bits per heavy atom. The van der Waals surface area contributed by atoms with E-state index in [1.165, 1.54) is 6.42 Å². The van der Waals surface area contributed by atoms with Crippen LogP contribution in [0.2, 0.25) is 0 Å². The van der Waals surface area contributed by atoms with E-state index in [0.29, 0.717) is 5.82 Å². The Hall–Kier alpha value is -2.98. The van der Waals surface area contributed by atoms with Gasteiger partial charge in [-0.2, -0.15) is 4.79 Å². The van der Waals surface area contributed by atoms with E-state index in [-0.39, 0.29) is 11.8 Å². The van der Waals surface area contributed by atoms with Crippen molar-refractivity contribution in [3.05, 3.63) is 64.8 Å². The standard InChI is InChI=1S/C22H26N4O2/c1-15-8-10-17(11-9-15)20(25-19-14-16(2)12-13-24-19)21(26-23)22(27)28-18-6-4-3-5-7-18/h8-14,18,20H,3-7H2,1-2H3,(H,24,25). The predicted octanol–water partition coefficient (Wildman–Crippen LogP) is 4.40. The first-order valence-corrected chi connectivity index (χ1v) is 9.75. The predicted molar refractivity (Wildman–Crippen MR) is 108 cm³/mol. The minimum Gasteiger partial charge on any atom is -0.454 e. The van der Waals surface area contributed by atoms with Crippen molar-refractivity contribution in [1.29, 1.82) is 0 Å². The minimum absolute atomic E-state index is 0.0715. The van der Waals surface area contributed by atoms with Gasteiger partial charge in [-0.15, -0.1) is 0 Å². The molecule has 1 atom stereocenters. The molecule has 1 unspecified atom stereocenters. The summed E-state index contributed by atoms with van der Waals surface area (Å²) < 4.78 is 5.64. The Balaban J connectivity index is 1.87. The molecule has 1 aromatic heterocycles. The van der Waals surface area contributed by atoms with Gasteiger partial charge in [-0.05, 0) is 62.8 Å². The number of ether oxygens (including phenoxy) is 1. The van der Waals surface area contributed by atoms with Crippen molar-refractivity contribution in [2.75, 3.05) is 5.32 Å². The molecule has 0 spiro atoms. The fraction of sp³-hybridized carbons (Fsp3) is 0.409. The first-order valence-electron chi connectivity index (χ1n) is 9.75. The van der Waals surface area contributed by atoms with Crippen LogP contribution in [0.25, 0.3) is 5.53 Å². The van der Waals surface area contributed by atoms with Crippen molar-refractivity contribution in [1.82, 2.24) is 4.98 Å². The fourth-order valence-electron chi connectivity index (χ4n) is 3.44. The molecule has 1 fully saturated rings. The van der Waals surface area contributed by atoms with Gasteiger partial charge in [0.25, 0.3) is 0 Å². The monoisotopic (exact) mass is 378 g/mol. The molecule has 0 bridgehead atoms. The number of aryl methyl sites for hydroxylation is 2. The maximum absolute atomic E-state index is 12.8. The van der Waals surface area contributed by atoms with Crippen molar-refractivity contribution in [3.63, 3.8) is 0 Å². The Labute approximate surface area is 165 Å². The number of rotatable bonds is 6. The molecule has 3 rings (SSSR count). The van der Waals surface area contributed by atoms with E-state index in [1.807, 2.05) is 50.2 Å². The van der Waals surface area contributed by atoms with Gasteiger partial charge in [-0.3, -0.25) is 0 Å². The van der Waals surface area contributed by atoms with E-state index in [1.54, 1.807) is 6.20 Å². The van der Waals surface area contributed by atoms with Crippen LogP contribution in [0.15, 0.2) is 42.6 Å². The average molecular weight is 378 g/mol. The van der Waals surface area contributed by atoms with Crippen molar-refractivity contribution >= 4 is 17.5 Å². The van der Waals surface area contributed by atoms with Gasteiger partial charge in [0.15, 0.2) is 6.04 Å². The number of hydrogen-bond donors (Lipinski definition) is 1. The smallest absolute Gasteiger partial charge is 0.419 e. The summed E-state index contributed by atoms with van der Waals surface area (Å²) in [5, 5.41) is 3.22. The molecule has 0 aliphatic heterocycles. The fourth-order valence-corrected chi connectivity index (χ4v) is 3.44. The zero-order chi connectivity index (χ0) is 19.9. The highest BCUT2D eigenvalue weighted by molar-refractivity contribution is 6.36. The molecule has 2 aromatic rings. The summed E-state index contributed by atoms with van der Waals surface area (Å²) in [7, 11) is 0. The van der Waals surface area contributed by atoms with Crippen LogP contribution in [0, 0.1) is 13.8 Å². The summed E-state index contributed by atoms with van der Waals surface area (Å²) in [6, 6.07) is 10.8. The molecule has 1 N–H and O–H groups in total. The zero-order valence-electron chi connectivity index (χ0n) is 16.4. The Kier molecular flexibility index (Phi) is 6.56. The van der Waals surface area contributed by atoms with Crippen molar-refractivity contribution < 1.29 is 14.3 Å². The van der Waals surface area contributed by atoms with Gasteiger partial charge in [0, 0.05) is 6.20 Å². The summed E-state index contributed by atoms with van der Waals surface area (Å²) in [6.45, 7) is 3.96. The first-order chi connectivity index (χ1) is 13.6. The molecule has 0 saturated heterocycles. The van der Waals surface area contributed by atoms with Gasteiger partial charge >= 0.3 is 11.7 Å². The Morgan fingerprint density at radius 1 is 1.14 bits per heavy atom. The topological polar surface area (TPSA) is 87.6 Å². The number of anilines is 1. The Morgan fingerprint density at radius 2 is 1.86 bits per heavy atom. The van der Waals surface area contributed by atoms with Gasteiger partial charge in [0.2, 0.25) is 0 Å². The van der Waals surface area contributed by atoms with E-state index in [9.17, 15) is 10.3 Å². The lowest BCUT2D eigenvalue weighted by atomic mass is 9.97. The molecule has 146 valence electrons. The molecular weight excluding hydrogens is 352 g/mol. The summed E-state index contributed by atoms with van der Waals surface area (Å²) in [4.78, 5) is 20.4. The number of carbonyl (C=O) groups excluding carboxylic acids is 1. The van der Waals surface area contributed by atoms with Crippen LogP contribution < -0.4 is 5.32 Å². The lowest BCUT2D eigenvalue weighted by Gasteiger charge is -2.22. The zero-order valence-corrected chi connectivity index (χ0v) is 16.4. The molecule has 0 amide bonds. The molecule has 28 heavy (non-hydrogen) atoms. The molecule has 1 saturated carbocycles. The van der Waals surface area contributed by atoms with Crippen LogP contribution in [0.5, 0.6) is 0 Å². The molecular formula is C22H26N4O2. The SMILES string of the molecule is Cc1ccc(C(Nc2cc(C)ccn2)C(=[N+]=[N-])C(=O)OC2CCCCC2)cc1. The number of pyridine rings is 1. The van der Waals surface area contributed by atoms with Gasteiger partial charge in [0.05, 0.1) is 0 Å². The molecule has 1 aliphatic carbocycles. The van der Waals surface area contributed by atoms with Crippen LogP contribution in [0.1, 0.15) is 54.8 Å². The highest BCUT2D eigenvalue weighted by Crippen LogP contribution is 2.24. The number of hydrogen-bond acceptors (Lipinski definition) is 4. The third-order valence-corrected chi connectivity index (χ3v) is 5.03. The van der Waals surface area contributed by atoms with Gasteiger partial charge in [-0.25, -0.2) is 9.78 Å². The second-order valence-electron chi connectivity index (χ2n) is 7.36. The van der Waals surface area contributed by atoms with Gasteiger partial charge in [0.1, 0.15) is 11.9 Å². The Bertz CT molecular complexity index is 866. The van der Waals surface area contributed by atoms with E-state index in [4.69, 9.17) is 4.74 Å². The van der Waals surface area contributed by atoms with Crippen LogP contribution in [0.4, 0.5) is 5.82 Å². The number of nitrogens with one attached hydrogen (secondary N) is 1. The van der Waals surface area contributed by atoms with Crippen LogP contribution in [-0.2, 0) is 9.53 Å². The number of nitrogens with zero attached hydrogens (tertiary/aromatic N) is 3. The molecule has 1 aliphatic rings. The van der Waals surface area contributed by atoms with Crippen LogP contribution >= 0.6 is 0 Å². The summed E-state index contributed by atoms with van der Waals surface area (Å²) in [6.07, 6.45) is 6.56. The van der Waals surface area contributed by atoms with E-state index >= 15 is 0 Å². The maximum atomic E-state index is 12.8. The summed E-state index contributed by atoms with van der Waals surface area (Å²) in [5.74, 6) is -0.00248. The van der Waals surface area contributed by atoms with Gasteiger partial charge in [-0.1, -0.05) is 36.2 Å². The van der Waals surface area contributed by atoms with Crippen LogP contribution in [0.3, 0.4) is 0 Å². The third kappa shape index (κ3) is 5.05. The lowest BCUT2D eigenvalue weighted by Crippen LogP contribution is -2.34. The molecule has 1 heterocycles. The largest absolute Gasteiger partial charge is 0.454 e. The molecule has 0 radical (unpaired) electrons. The lowest BCUT2D eigenvalue weighted by molar-refractivity contribution is -0.147. The van der Waals surface area contributed by atoms with E-state index in [0.717, 1.165) is 42.4 Å². The maximum Gasteiger partial charge on any atom is 0.419 e. The van der Waals surface area contributed by atoms with Gasteiger partial charge < -0.3 is 15.6 Å². The number of carbonyl (C=O) groups is 1. The van der Waals surface area contributed by atoms with E-state index in [2.05, 4.69) is 15.1 Å². The highest BCUT2D eigenvalue weighted by Gasteiger charge is 2.36. The van der Waals surface area contributed by atoms with Crippen LogP contribution in [-0.4, -0.2) is 27.6 Å². The average Bonchev–Trinajstić information content (AvgIpc) is 2.69. The number of esters is 1. The molecule has 6 nitrogen and oxygen atoms in total.